The van der Waals surface area contributed by atoms with E-state index >= 15 is 0 Å². The van der Waals surface area contributed by atoms with Gasteiger partial charge in [0, 0.05) is 36.9 Å². The number of nitrogens with one attached hydrogen (secondary N) is 2. The smallest absolute Gasteiger partial charge is 0.244 e. The third-order valence-electron chi connectivity index (χ3n) is 4.35. The largest absolute Gasteiger partial charge is 0.493 e. The molecule has 8 heteroatoms. The molecule has 3 rings (SSSR count). The second kappa shape index (κ2) is 10.2. The number of amides is 1. The van der Waals surface area contributed by atoms with Crippen molar-refractivity contribution in [3.8, 4) is 11.5 Å². The zero-order valence-electron chi connectivity index (χ0n) is 17.1. The molecule has 1 heterocycles. The van der Waals surface area contributed by atoms with Crippen LogP contribution >= 0.6 is 0 Å². The van der Waals surface area contributed by atoms with Crippen LogP contribution < -0.4 is 20.1 Å². The van der Waals surface area contributed by atoms with Crippen molar-refractivity contribution >= 4 is 34.4 Å². The Morgan fingerprint density at radius 1 is 1.03 bits per heavy atom. The van der Waals surface area contributed by atoms with Crippen molar-refractivity contribution in [3.63, 3.8) is 0 Å². The van der Waals surface area contributed by atoms with Crippen LogP contribution in [0.4, 0.5) is 11.5 Å². The number of benzene rings is 2. The van der Waals surface area contributed by atoms with Crippen molar-refractivity contribution in [3.05, 3.63) is 54.4 Å². The number of anilines is 2. The van der Waals surface area contributed by atoms with E-state index in [-0.39, 0.29) is 5.91 Å². The number of hydrogen-bond donors (Lipinski definition) is 2. The molecule has 156 valence electrons. The summed E-state index contributed by atoms with van der Waals surface area (Å²) >= 11 is 0. The predicted molar refractivity (Wildman–Crippen MR) is 116 cm³/mol. The minimum atomic E-state index is -0.161. The number of nitrogens with zero attached hydrogens (tertiary/aromatic N) is 2. The lowest BCUT2D eigenvalue weighted by atomic mass is 10.1. The number of carbonyl (C=O) groups is 1. The summed E-state index contributed by atoms with van der Waals surface area (Å²) in [7, 11) is 4.77. The average molecular weight is 408 g/mol. The molecule has 8 nitrogen and oxygen atoms in total. The fraction of sp³-hybridized carbons (Fsp3) is 0.227. The summed E-state index contributed by atoms with van der Waals surface area (Å²) in [6.07, 6.45) is 4.74. The van der Waals surface area contributed by atoms with Crippen molar-refractivity contribution < 1.29 is 19.0 Å². The van der Waals surface area contributed by atoms with E-state index in [1.165, 1.54) is 12.4 Å². The number of fused-ring (bicyclic) bond motifs is 1. The van der Waals surface area contributed by atoms with Crippen molar-refractivity contribution in [2.24, 2.45) is 0 Å². The topological polar surface area (TPSA) is 94.6 Å². The van der Waals surface area contributed by atoms with Gasteiger partial charge in [-0.15, -0.1) is 0 Å². The van der Waals surface area contributed by atoms with Gasteiger partial charge in [0.05, 0.1) is 26.3 Å². The lowest BCUT2D eigenvalue weighted by molar-refractivity contribution is -0.116. The molecule has 0 atom stereocenters. The van der Waals surface area contributed by atoms with Gasteiger partial charge in [0.1, 0.15) is 12.1 Å². The van der Waals surface area contributed by atoms with E-state index in [4.69, 9.17) is 14.2 Å². The third kappa shape index (κ3) is 5.24. The lowest BCUT2D eigenvalue weighted by Gasteiger charge is -2.12. The minimum absolute atomic E-state index is 0.161. The quantitative estimate of drug-likeness (QED) is 0.415. The Morgan fingerprint density at radius 2 is 1.77 bits per heavy atom. The van der Waals surface area contributed by atoms with Crippen LogP contribution in [0.25, 0.3) is 17.0 Å². The van der Waals surface area contributed by atoms with Crippen LogP contribution in [0, 0.1) is 0 Å². The maximum absolute atomic E-state index is 11.7. The molecule has 0 radical (unpaired) electrons. The predicted octanol–water partition coefficient (Wildman–Crippen LogP) is 3.17. The Kier molecular flexibility index (Phi) is 7.18. The molecule has 0 saturated carbocycles. The molecule has 0 bridgehead atoms. The maximum atomic E-state index is 11.7. The maximum Gasteiger partial charge on any atom is 0.244 e. The van der Waals surface area contributed by atoms with Gasteiger partial charge in [0.2, 0.25) is 5.91 Å². The van der Waals surface area contributed by atoms with E-state index in [2.05, 4.69) is 20.6 Å². The summed E-state index contributed by atoms with van der Waals surface area (Å²) < 4.78 is 15.6. The standard InChI is InChI=1S/C22H24N4O4/c1-28-11-10-23-21(27)9-6-15-4-7-16(8-5-15)26-22-17-12-19(29-2)20(30-3)13-18(17)24-14-25-22/h4-9,12-14H,10-11H2,1-3H3,(H,23,27)(H,24,25,26). The molecule has 2 N–H and O–H groups in total. The number of ether oxygens (including phenoxy) is 3. The molecule has 0 saturated heterocycles. The van der Waals surface area contributed by atoms with Gasteiger partial charge in [-0.05, 0) is 29.8 Å². The highest BCUT2D eigenvalue weighted by Crippen LogP contribution is 2.34. The summed E-state index contributed by atoms with van der Waals surface area (Å²) in [5.41, 5.74) is 2.50. The van der Waals surface area contributed by atoms with Crippen LogP contribution in [-0.4, -0.2) is 50.4 Å². The molecule has 1 aromatic heterocycles. The zero-order chi connectivity index (χ0) is 21.3. The Bertz CT molecular complexity index is 1040. The van der Waals surface area contributed by atoms with Crippen LogP contribution in [0.15, 0.2) is 48.8 Å². The fourth-order valence-corrected chi connectivity index (χ4v) is 2.80. The van der Waals surface area contributed by atoms with Gasteiger partial charge in [-0.2, -0.15) is 0 Å². The summed E-state index contributed by atoms with van der Waals surface area (Å²) in [4.78, 5) is 20.4. The van der Waals surface area contributed by atoms with Crippen molar-refractivity contribution in [1.29, 1.82) is 0 Å². The normalized spacial score (nSPS) is 10.9. The van der Waals surface area contributed by atoms with Gasteiger partial charge in [-0.3, -0.25) is 4.79 Å². The number of hydrogen-bond acceptors (Lipinski definition) is 7. The molecule has 0 unspecified atom stereocenters. The van der Waals surface area contributed by atoms with E-state index < -0.39 is 0 Å². The number of aromatic nitrogens is 2. The summed E-state index contributed by atoms with van der Waals surface area (Å²) in [5, 5.41) is 6.85. The van der Waals surface area contributed by atoms with E-state index in [0.717, 1.165) is 22.2 Å². The highest BCUT2D eigenvalue weighted by molar-refractivity contribution is 5.93. The van der Waals surface area contributed by atoms with Crippen LogP contribution in [0.3, 0.4) is 0 Å². The van der Waals surface area contributed by atoms with Gasteiger partial charge in [-0.25, -0.2) is 9.97 Å². The molecule has 30 heavy (non-hydrogen) atoms. The van der Waals surface area contributed by atoms with Gasteiger partial charge in [0.15, 0.2) is 11.5 Å². The third-order valence-corrected chi connectivity index (χ3v) is 4.35. The highest BCUT2D eigenvalue weighted by Gasteiger charge is 2.11. The van der Waals surface area contributed by atoms with Gasteiger partial charge >= 0.3 is 0 Å². The first-order valence-electron chi connectivity index (χ1n) is 9.33. The van der Waals surface area contributed by atoms with E-state index in [9.17, 15) is 4.79 Å². The summed E-state index contributed by atoms with van der Waals surface area (Å²) in [6, 6.07) is 11.3. The van der Waals surface area contributed by atoms with E-state index in [1.807, 2.05) is 36.4 Å². The van der Waals surface area contributed by atoms with E-state index in [0.29, 0.717) is 30.5 Å². The van der Waals surface area contributed by atoms with Crippen molar-refractivity contribution in [2.45, 2.75) is 0 Å². The molecule has 3 aromatic rings. The minimum Gasteiger partial charge on any atom is -0.493 e. The Balaban J connectivity index is 1.74. The molecule has 1 amide bonds. The van der Waals surface area contributed by atoms with Crippen LogP contribution in [-0.2, 0) is 9.53 Å². The first kappa shape index (κ1) is 21.1. The van der Waals surface area contributed by atoms with Gasteiger partial charge in [0.25, 0.3) is 0 Å². The number of carbonyl (C=O) groups excluding carboxylic acids is 1. The monoisotopic (exact) mass is 408 g/mol. The van der Waals surface area contributed by atoms with Gasteiger partial charge in [-0.1, -0.05) is 12.1 Å². The van der Waals surface area contributed by atoms with Gasteiger partial charge < -0.3 is 24.8 Å². The Labute approximate surface area is 174 Å². The molecule has 0 spiro atoms. The fourth-order valence-electron chi connectivity index (χ4n) is 2.80. The first-order valence-corrected chi connectivity index (χ1v) is 9.33. The number of methoxy groups -OCH3 is 3. The van der Waals surface area contributed by atoms with Crippen molar-refractivity contribution in [2.75, 3.05) is 39.8 Å². The summed E-state index contributed by atoms with van der Waals surface area (Å²) in [5.74, 6) is 1.71. The molecular weight excluding hydrogens is 384 g/mol. The molecule has 2 aromatic carbocycles. The number of rotatable bonds is 9. The second-order valence-corrected chi connectivity index (χ2v) is 6.31. The Hall–Kier alpha value is -3.65. The SMILES string of the molecule is COCCNC(=O)C=Cc1ccc(Nc2ncnc3cc(OC)c(OC)cc23)cc1. The van der Waals surface area contributed by atoms with E-state index in [1.54, 1.807) is 27.4 Å². The molecule has 0 fully saturated rings. The lowest BCUT2D eigenvalue weighted by Crippen LogP contribution is -2.24. The zero-order valence-corrected chi connectivity index (χ0v) is 17.1. The molecular formula is C22H24N4O4. The first-order chi connectivity index (χ1) is 14.6. The van der Waals surface area contributed by atoms with Crippen molar-refractivity contribution in [1.82, 2.24) is 15.3 Å². The van der Waals surface area contributed by atoms with Crippen LogP contribution in [0.1, 0.15) is 5.56 Å². The summed E-state index contributed by atoms with van der Waals surface area (Å²) in [6.45, 7) is 0.961. The Morgan fingerprint density at radius 3 is 2.47 bits per heavy atom. The molecule has 0 aliphatic rings. The van der Waals surface area contributed by atoms with Crippen LogP contribution in [0.2, 0.25) is 0 Å². The molecule has 0 aliphatic heterocycles. The second-order valence-electron chi connectivity index (χ2n) is 6.31. The average Bonchev–Trinajstić information content (AvgIpc) is 2.78. The van der Waals surface area contributed by atoms with Crippen LogP contribution in [0.5, 0.6) is 11.5 Å². The highest BCUT2D eigenvalue weighted by atomic mass is 16.5. The molecule has 0 aliphatic carbocycles.